The highest BCUT2D eigenvalue weighted by atomic mass is 19.1. The number of benzene rings is 2. The molecule has 0 saturated heterocycles. The lowest BCUT2D eigenvalue weighted by atomic mass is 9.95. The highest BCUT2D eigenvalue weighted by molar-refractivity contribution is 5.80. The van der Waals surface area contributed by atoms with Crippen molar-refractivity contribution in [3.8, 4) is 0 Å². The van der Waals surface area contributed by atoms with E-state index in [0.29, 0.717) is 13.1 Å². The minimum absolute atomic E-state index is 0.115. The Morgan fingerprint density at radius 3 is 2.53 bits per heavy atom. The summed E-state index contributed by atoms with van der Waals surface area (Å²) in [4.78, 5) is 8.80. The van der Waals surface area contributed by atoms with Crippen molar-refractivity contribution in [2.24, 2.45) is 4.99 Å². The normalized spacial score (nSPS) is 15.1. The fourth-order valence-electron chi connectivity index (χ4n) is 3.69. The number of aromatic nitrogens is 2. The molecule has 0 bridgehead atoms. The van der Waals surface area contributed by atoms with Crippen LogP contribution in [0.1, 0.15) is 36.5 Å². The van der Waals surface area contributed by atoms with E-state index >= 15 is 0 Å². The molecule has 1 aliphatic rings. The summed E-state index contributed by atoms with van der Waals surface area (Å²) in [6.07, 6.45) is 7.56. The van der Waals surface area contributed by atoms with Gasteiger partial charge in [-0.05, 0) is 42.5 Å². The van der Waals surface area contributed by atoms with Crippen molar-refractivity contribution < 1.29 is 4.39 Å². The summed E-state index contributed by atoms with van der Waals surface area (Å²) in [6.45, 7) is 4.91. The first kappa shape index (κ1) is 20.1. The van der Waals surface area contributed by atoms with Crippen molar-refractivity contribution in [1.29, 1.82) is 0 Å². The monoisotopic (exact) mass is 405 g/mol. The number of hydrogen-bond donors (Lipinski definition) is 2. The van der Waals surface area contributed by atoms with Crippen LogP contribution in [0.2, 0.25) is 0 Å². The second kappa shape index (κ2) is 9.11. The Balaban J connectivity index is 1.36. The van der Waals surface area contributed by atoms with Gasteiger partial charge in [0, 0.05) is 37.4 Å². The minimum atomic E-state index is -0.116. The van der Waals surface area contributed by atoms with Crippen molar-refractivity contribution in [2.45, 2.75) is 38.3 Å². The molecule has 1 heterocycles. The molecule has 1 fully saturated rings. The van der Waals surface area contributed by atoms with Gasteiger partial charge in [0.05, 0.1) is 12.9 Å². The molecule has 0 spiro atoms. The maximum Gasteiger partial charge on any atom is 0.191 e. The van der Waals surface area contributed by atoms with Gasteiger partial charge in [0.15, 0.2) is 5.96 Å². The van der Waals surface area contributed by atoms with Crippen LogP contribution in [-0.4, -0.2) is 28.6 Å². The summed E-state index contributed by atoms with van der Waals surface area (Å²) in [6, 6.07) is 15.6. The standard InChI is InChI=1S/C24H28FN5/c1-2-27-23(29-17-24(11-12-24)21-5-3-4-6-22(21)25)28-15-19-7-9-20(10-8-19)16-30-14-13-26-18-30/h3-10,13-14,18H,2,11-12,15-17H2,1H3,(H2,27,28,29). The Bertz CT molecular complexity index is 975. The molecule has 1 saturated carbocycles. The average Bonchev–Trinajstić information content (AvgIpc) is 3.37. The van der Waals surface area contributed by atoms with E-state index in [4.69, 9.17) is 4.99 Å². The Hall–Kier alpha value is -3.15. The van der Waals surface area contributed by atoms with Crippen LogP contribution < -0.4 is 10.6 Å². The van der Waals surface area contributed by atoms with E-state index in [-0.39, 0.29) is 11.2 Å². The van der Waals surface area contributed by atoms with Crippen LogP contribution in [0.5, 0.6) is 0 Å². The molecule has 0 amide bonds. The lowest BCUT2D eigenvalue weighted by Gasteiger charge is -2.19. The summed E-state index contributed by atoms with van der Waals surface area (Å²) < 4.78 is 16.3. The molecule has 2 N–H and O–H groups in total. The fraction of sp³-hybridized carbons (Fsp3) is 0.333. The maximum absolute atomic E-state index is 14.2. The van der Waals surface area contributed by atoms with Gasteiger partial charge in [-0.15, -0.1) is 0 Å². The quantitative estimate of drug-likeness (QED) is 0.442. The molecule has 3 aromatic rings. The smallest absolute Gasteiger partial charge is 0.191 e. The van der Waals surface area contributed by atoms with Gasteiger partial charge in [-0.2, -0.15) is 0 Å². The Kier molecular flexibility index (Phi) is 6.12. The van der Waals surface area contributed by atoms with Crippen molar-refractivity contribution in [2.75, 3.05) is 13.1 Å². The van der Waals surface area contributed by atoms with Crippen LogP contribution >= 0.6 is 0 Å². The fourth-order valence-corrected chi connectivity index (χ4v) is 3.69. The summed E-state index contributed by atoms with van der Waals surface area (Å²) >= 11 is 0. The van der Waals surface area contributed by atoms with Crippen LogP contribution in [-0.2, 0) is 18.5 Å². The van der Waals surface area contributed by atoms with E-state index in [2.05, 4.69) is 39.9 Å². The predicted octanol–water partition coefficient (Wildman–Crippen LogP) is 3.86. The van der Waals surface area contributed by atoms with E-state index in [1.54, 1.807) is 18.3 Å². The summed E-state index contributed by atoms with van der Waals surface area (Å²) in [5.41, 5.74) is 3.07. The van der Waals surface area contributed by atoms with Gasteiger partial charge >= 0.3 is 0 Å². The molecular formula is C24H28FN5. The van der Waals surface area contributed by atoms with Crippen LogP contribution in [0, 0.1) is 5.82 Å². The second-order valence-corrected chi connectivity index (χ2v) is 7.86. The highest BCUT2D eigenvalue weighted by Gasteiger charge is 2.45. The number of halogens is 1. The first-order chi connectivity index (χ1) is 14.7. The molecule has 0 atom stereocenters. The number of nitrogens with zero attached hydrogens (tertiary/aromatic N) is 3. The van der Waals surface area contributed by atoms with Crippen LogP contribution in [0.4, 0.5) is 4.39 Å². The van der Waals surface area contributed by atoms with Gasteiger partial charge in [-0.1, -0.05) is 42.5 Å². The predicted molar refractivity (Wildman–Crippen MR) is 118 cm³/mol. The van der Waals surface area contributed by atoms with Crippen molar-refractivity contribution in [1.82, 2.24) is 20.2 Å². The van der Waals surface area contributed by atoms with Crippen LogP contribution in [0.25, 0.3) is 0 Å². The molecular weight excluding hydrogens is 377 g/mol. The summed E-state index contributed by atoms with van der Waals surface area (Å²) in [5.74, 6) is 0.650. The largest absolute Gasteiger partial charge is 0.357 e. The Labute approximate surface area is 177 Å². The zero-order chi connectivity index (χ0) is 20.8. The molecule has 0 radical (unpaired) electrons. The topological polar surface area (TPSA) is 54.2 Å². The van der Waals surface area contributed by atoms with E-state index < -0.39 is 0 Å². The lowest BCUT2D eigenvalue weighted by Crippen LogP contribution is -2.41. The first-order valence-electron chi connectivity index (χ1n) is 10.5. The minimum Gasteiger partial charge on any atom is -0.357 e. The third-order valence-electron chi connectivity index (χ3n) is 5.60. The number of nitrogens with one attached hydrogen (secondary N) is 2. The van der Waals surface area contributed by atoms with Gasteiger partial charge < -0.3 is 15.2 Å². The zero-order valence-corrected chi connectivity index (χ0v) is 17.3. The molecule has 5 nitrogen and oxygen atoms in total. The zero-order valence-electron chi connectivity index (χ0n) is 17.3. The van der Waals surface area contributed by atoms with Crippen molar-refractivity contribution in [3.05, 3.63) is 89.8 Å². The molecule has 0 unspecified atom stereocenters. The van der Waals surface area contributed by atoms with Crippen molar-refractivity contribution >= 4 is 5.96 Å². The number of imidazole rings is 1. The number of aliphatic imine (C=N–C) groups is 1. The van der Waals surface area contributed by atoms with Gasteiger partial charge in [-0.25, -0.2) is 14.4 Å². The molecule has 0 aliphatic heterocycles. The average molecular weight is 406 g/mol. The number of guanidine groups is 1. The Morgan fingerprint density at radius 1 is 1.10 bits per heavy atom. The second-order valence-electron chi connectivity index (χ2n) is 7.86. The van der Waals surface area contributed by atoms with Crippen LogP contribution in [0.15, 0.2) is 72.2 Å². The molecule has 1 aliphatic carbocycles. The molecule has 4 rings (SSSR count). The van der Waals surface area contributed by atoms with Crippen molar-refractivity contribution in [3.63, 3.8) is 0 Å². The van der Waals surface area contributed by atoms with Gasteiger partial charge in [0.1, 0.15) is 5.82 Å². The maximum atomic E-state index is 14.2. The Morgan fingerprint density at radius 2 is 1.87 bits per heavy atom. The molecule has 6 heteroatoms. The summed E-state index contributed by atoms with van der Waals surface area (Å²) in [5, 5.41) is 6.72. The van der Waals surface area contributed by atoms with Crippen LogP contribution in [0.3, 0.4) is 0 Å². The van der Waals surface area contributed by atoms with E-state index in [9.17, 15) is 4.39 Å². The van der Waals surface area contributed by atoms with Gasteiger partial charge in [0.25, 0.3) is 0 Å². The molecule has 1 aromatic heterocycles. The molecule has 30 heavy (non-hydrogen) atoms. The highest BCUT2D eigenvalue weighted by Crippen LogP contribution is 2.48. The summed E-state index contributed by atoms with van der Waals surface area (Å²) in [7, 11) is 0. The van der Waals surface area contributed by atoms with E-state index in [1.165, 1.54) is 5.56 Å². The van der Waals surface area contributed by atoms with Gasteiger partial charge in [-0.3, -0.25) is 0 Å². The molecule has 156 valence electrons. The lowest BCUT2D eigenvalue weighted by molar-refractivity contribution is 0.559. The third kappa shape index (κ3) is 4.87. The first-order valence-corrected chi connectivity index (χ1v) is 10.5. The number of hydrogen-bond acceptors (Lipinski definition) is 2. The van der Waals surface area contributed by atoms with E-state index in [0.717, 1.165) is 43.0 Å². The molecule has 2 aromatic carbocycles. The third-order valence-corrected chi connectivity index (χ3v) is 5.60. The number of rotatable bonds is 8. The SMILES string of the molecule is CCNC(=NCc1ccc(Cn2ccnc2)cc1)NCC1(c2ccccc2F)CC1. The van der Waals surface area contributed by atoms with Gasteiger partial charge in [0.2, 0.25) is 0 Å². The van der Waals surface area contributed by atoms with E-state index in [1.807, 2.05) is 36.1 Å².